The molecule has 0 spiro atoms. The van der Waals surface area contributed by atoms with Gasteiger partial charge in [-0.1, -0.05) is 0 Å². The zero-order valence-electron chi connectivity index (χ0n) is 12.0. The van der Waals surface area contributed by atoms with Crippen molar-refractivity contribution in [3.8, 4) is 0 Å². The lowest BCUT2D eigenvalue weighted by atomic mass is 10.2. The molecule has 1 heterocycles. The van der Waals surface area contributed by atoms with Crippen molar-refractivity contribution < 1.29 is 4.74 Å². The first-order valence-electron chi connectivity index (χ1n) is 7.07. The van der Waals surface area contributed by atoms with Crippen LogP contribution in [0.4, 0.5) is 0 Å². The molecule has 1 rings (SSSR count). The molecule has 1 saturated heterocycles. The van der Waals surface area contributed by atoms with Crippen molar-refractivity contribution in [2.45, 2.75) is 32.7 Å². The van der Waals surface area contributed by atoms with E-state index in [-0.39, 0.29) is 0 Å². The van der Waals surface area contributed by atoms with Crippen LogP contribution in [-0.2, 0) is 4.74 Å². The molecule has 1 fully saturated rings. The molecule has 1 unspecified atom stereocenters. The summed E-state index contributed by atoms with van der Waals surface area (Å²) in [7, 11) is 1.76. The molecule has 5 heteroatoms. The molecule has 0 aromatic rings. The number of nitrogens with zero attached hydrogens (tertiary/aromatic N) is 2. The third-order valence-electron chi connectivity index (χ3n) is 3.23. The van der Waals surface area contributed by atoms with Gasteiger partial charge in [-0.2, -0.15) is 0 Å². The van der Waals surface area contributed by atoms with Crippen molar-refractivity contribution in [2.24, 2.45) is 4.99 Å². The highest BCUT2D eigenvalue weighted by Gasteiger charge is 2.23. The van der Waals surface area contributed by atoms with Gasteiger partial charge < -0.3 is 15.4 Å². The molecular formula is C13H28N4O. The molecule has 0 radical (unpaired) electrons. The SMILES string of the molecule is CCNC(=NCC1CCCN1CCOC)NCC. The highest BCUT2D eigenvalue weighted by atomic mass is 16.5. The minimum Gasteiger partial charge on any atom is -0.383 e. The summed E-state index contributed by atoms with van der Waals surface area (Å²) >= 11 is 0. The number of ether oxygens (including phenoxy) is 1. The van der Waals surface area contributed by atoms with Gasteiger partial charge >= 0.3 is 0 Å². The Hall–Kier alpha value is -0.810. The summed E-state index contributed by atoms with van der Waals surface area (Å²) in [5.74, 6) is 0.929. The first-order chi connectivity index (χ1) is 8.81. The van der Waals surface area contributed by atoms with Gasteiger partial charge in [0.15, 0.2) is 5.96 Å². The first-order valence-corrected chi connectivity index (χ1v) is 7.07. The van der Waals surface area contributed by atoms with Crippen LogP contribution in [0, 0.1) is 0 Å². The minimum absolute atomic E-state index is 0.576. The van der Waals surface area contributed by atoms with Crippen molar-refractivity contribution in [2.75, 3.05) is 46.4 Å². The van der Waals surface area contributed by atoms with E-state index in [0.29, 0.717) is 6.04 Å². The number of hydrogen-bond donors (Lipinski definition) is 2. The fraction of sp³-hybridized carbons (Fsp3) is 0.923. The van der Waals surface area contributed by atoms with Crippen LogP contribution in [0.25, 0.3) is 0 Å². The monoisotopic (exact) mass is 256 g/mol. The Bertz CT molecular complexity index is 237. The lowest BCUT2D eigenvalue weighted by molar-refractivity contribution is 0.143. The van der Waals surface area contributed by atoms with Crippen LogP contribution in [0.1, 0.15) is 26.7 Å². The van der Waals surface area contributed by atoms with Crippen molar-refractivity contribution in [3.63, 3.8) is 0 Å². The number of aliphatic imine (C=N–C) groups is 1. The van der Waals surface area contributed by atoms with Crippen molar-refractivity contribution in [3.05, 3.63) is 0 Å². The van der Waals surface area contributed by atoms with Gasteiger partial charge in [0.25, 0.3) is 0 Å². The van der Waals surface area contributed by atoms with E-state index in [2.05, 4.69) is 34.4 Å². The third-order valence-corrected chi connectivity index (χ3v) is 3.23. The summed E-state index contributed by atoms with van der Waals surface area (Å²) in [4.78, 5) is 7.14. The highest BCUT2D eigenvalue weighted by molar-refractivity contribution is 5.79. The molecule has 1 aliphatic rings. The number of methoxy groups -OCH3 is 1. The Kier molecular flexibility index (Phi) is 7.76. The number of hydrogen-bond acceptors (Lipinski definition) is 3. The van der Waals surface area contributed by atoms with Gasteiger partial charge in [-0.25, -0.2) is 0 Å². The second kappa shape index (κ2) is 9.16. The zero-order valence-corrected chi connectivity index (χ0v) is 12.0. The fourth-order valence-corrected chi connectivity index (χ4v) is 2.31. The van der Waals surface area contributed by atoms with E-state index in [9.17, 15) is 0 Å². The van der Waals surface area contributed by atoms with E-state index < -0.39 is 0 Å². The Morgan fingerprint density at radius 1 is 1.33 bits per heavy atom. The van der Waals surface area contributed by atoms with Crippen molar-refractivity contribution in [1.82, 2.24) is 15.5 Å². The van der Waals surface area contributed by atoms with Crippen LogP contribution in [0.5, 0.6) is 0 Å². The third kappa shape index (κ3) is 5.23. The minimum atomic E-state index is 0.576. The summed E-state index contributed by atoms with van der Waals surface area (Å²) in [6.45, 7) is 9.89. The molecule has 0 aliphatic carbocycles. The van der Waals surface area contributed by atoms with Gasteiger partial charge in [-0.15, -0.1) is 0 Å². The van der Waals surface area contributed by atoms with Crippen molar-refractivity contribution >= 4 is 5.96 Å². The summed E-state index contributed by atoms with van der Waals surface area (Å²) in [5.41, 5.74) is 0. The zero-order chi connectivity index (χ0) is 13.2. The normalized spacial score (nSPS) is 19.8. The summed E-state index contributed by atoms with van der Waals surface area (Å²) in [5, 5.41) is 6.52. The quantitative estimate of drug-likeness (QED) is 0.519. The molecule has 1 aliphatic heterocycles. The lowest BCUT2D eigenvalue weighted by Gasteiger charge is -2.23. The lowest BCUT2D eigenvalue weighted by Crippen LogP contribution is -2.39. The molecule has 0 bridgehead atoms. The first kappa shape index (κ1) is 15.2. The van der Waals surface area contributed by atoms with Gasteiger partial charge in [-0.05, 0) is 33.2 Å². The van der Waals surface area contributed by atoms with E-state index >= 15 is 0 Å². The Labute approximate surface area is 111 Å². The molecular weight excluding hydrogens is 228 g/mol. The molecule has 0 aromatic carbocycles. The standard InChI is InChI=1S/C13H28N4O/c1-4-14-13(15-5-2)16-11-12-7-6-8-17(12)9-10-18-3/h12H,4-11H2,1-3H3,(H2,14,15,16). The number of nitrogens with one attached hydrogen (secondary N) is 2. The largest absolute Gasteiger partial charge is 0.383 e. The maximum absolute atomic E-state index is 5.15. The number of likely N-dealkylation sites (tertiary alicyclic amines) is 1. The molecule has 1 atom stereocenters. The Morgan fingerprint density at radius 2 is 2.06 bits per heavy atom. The molecule has 5 nitrogen and oxygen atoms in total. The molecule has 2 N–H and O–H groups in total. The van der Waals surface area contributed by atoms with Crippen LogP contribution in [0.2, 0.25) is 0 Å². The summed E-state index contributed by atoms with van der Waals surface area (Å²) in [6.07, 6.45) is 2.53. The number of rotatable bonds is 7. The molecule has 0 aromatic heterocycles. The highest BCUT2D eigenvalue weighted by Crippen LogP contribution is 2.16. The smallest absolute Gasteiger partial charge is 0.191 e. The van der Waals surface area contributed by atoms with E-state index in [1.165, 1.54) is 19.4 Å². The Balaban J connectivity index is 2.40. The molecule has 0 saturated carbocycles. The molecule has 18 heavy (non-hydrogen) atoms. The summed E-state index contributed by atoms with van der Waals surface area (Å²) < 4.78 is 5.15. The topological polar surface area (TPSA) is 48.9 Å². The van der Waals surface area contributed by atoms with E-state index in [0.717, 1.165) is 38.7 Å². The maximum atomic E-state index is 5.15. The predicted octanol–water partition coefficient (Wildman–Crippen LogP) is 0.672. The fourth-order valence-electron chi connectivity index (χ4n) is 2.31. The van der Waals surface area contributed by atoms with Crippen LogP contribution < -0.4 is 10.6 Å². The van der Waals surface area contributed by atoms with E-state index in [4.69, 9.17) is 4.74 Å². The van der Waals surface area contributed by atoms with Gasteiger partial charge in [0.2, 0.25) is 0 Å². The predicted molar refractivity (Wildman–Crippen MR) is 76.1 cm³/mol. The second-order valence-corrected chi connectivity index (χ2v) is 4.57. The summed E-state index contributed by atoms with van der Waals surface area (Å²) in [6, 6.07) is 0.576. The van der Waals surface area contributed by atoms with Gasteiger partial charge in [0, 0.05) is 32.8 Å². The van der Waals surface area contributed by atoms with Gasteiger partial charge in [-0.3, -0.25) is 9.89 Å². The average Bonchev–Trinajstić information content (AvgIpc) is 2.81. The van der Waals surface area contributed by atoms with Crippen molar-refractivity contribution in [1.29, 1.82) is 0 Å². The molecule has 0 amide bonds. The van der Waals surface area contributed by atoms with E-state index in [1.54, 1.807) is 7.11 Å². The van der Waals surface area contributed by atoms with Crippen LogP contribution >= 0.6 is 0 Å². The van der Waals surface area contributed by atoms with E-state index in [1.807, 2.05) is 0 Å². The maximum Gasteiger partial charge on any atom is 0.191 e. The number of guanidine groups is 1. The molecule has 106 valence electrons. The Morgan fingerprint density at radius 3 is 2.67 bits per heavy atom. The van der Waals surface area contributed by atoms with Crippen LogP contribution in [-0.4, -0.2) is 63.3 Å². The second-order valence-electron chi connectivity index (χ2n) is 4.57. The van der Waals surface area contributed by atoms with Gasteiger partial charge in [0.1, 0.15) is 0 Å². The van der Waals surface area contributed by atoms with Crippen LogP contribution in [0.15, 0.2) is 4.99 Å². The van der Waals surface area contributed by atoms with Gasteiger partial charge in [0.05, 0.1) is 13.2 Å². The average molecular weight is 256 g/mol. The van der Waals surface area contributed by atoms with Crippen LogP contribution in [0.3, 0.4) is 0 Å².